The van der Waals surface area contributed by atoms with Gasteiger partial charge in [-0.05, 0) is 12.1 Å². The average Bonchev–Trinajstić information content (AvgIpc) is 2.92. The zero-order chi connectivity index (χ0) is 16.0. The zero-order valence-electron chi connectivity index (χ0n) is 13.6. The number of hydrogen-bond donors (Lipinski definition) is 0. The molecule has 23 heavy (non-hydrogen) atoms. The normalized spacial score (nSPS) is 12.1. The van der Waals surface area contributed by atoms with Crippen LogP contribution in [-0.2, 0) is 0 Å². The second-order valence-electron chi connectivity index (χ2n) is 6.95. The summed E-state index contributed by atoms with van der Waals surface area (Å²) in [5.41, 5.74) is 4.08. The van der Waals surface area contributed by atoms with Crippen LogP contribution in [0.1, 0.15) is 0 Å². The van der Waals surface area contributed by atoms with Gasteiger partial charge >= 0.3 is 0 Å². The van der Waals surface area contributed by atoms with E-state index in [2.05, 4.69) is 62.1 Å². The van der Waals surface area contributed by atoms with E-state index in [-0.39, 0.29) is 0 Å². The van der Waals surface area contributed by atoms with E-state index in [1.807, 2.05) is 18.2 Å². The van der Waals surface area contributed by atoms with Crippen LogP contribution < -0.4 is 5.32 Å². The molecule has 3 heteroatoms. The highest BCUT2D eigenvalue weighted by Gasteiger charge is 2.25. The molecule has 2 heterocycles. The number of furan rings is 1. The van der Waals surface area contributed by atoms with Gasteiger partial charge in [0.2, 0.25) is 0 Å². The largest absolute Gasteiger partial charge is 0.455 e. The smallest absolute Gasteiger partial charge is 0.152 e. The standard InChI is InChI=1S/C20H19NOSi/c1-23(2,3)20-19-16(15-11-7-8-12-18(15)22-19)13-17(21-20)14-9-5-4-6-10-14/h4-13H,1-3H3. The molecule has 0 fully saturated rings. The summed E-state index contributed by atoms with van der Waals surface area (Å²) in [7, 11) is -1.63. The minimum Gasteiger partial charge on any atom is -0.455 e. The highest BCUT2D eigenvalue weighted by atomic mass is 28.3. The van der Waals surface area contributed by atoms with Gasteiger partial charge < -0.3 is 4.42 Å². The molecule has 2 aromatic heterocycles. The van der Waals surface area contributed by atoms with Gasteiger partial charge in [-0.15, -0.1) is 0 Å². The van der Waals surface area contributed by atoms with Crippen LogP contribution in [0.3, 0.4) is 0 Å². The molecule has 0 amide bonds. The van der Waals surface area contributed by atoms with E-state index < -0.39 is 8.07 Å². The SMILES string of the molecule is C[Si](C)(C)c1nc(-c2ccccc2)cc2c1oc1ccccc12. The van der Waals surface area contributed by atoms with E-state index in [1.54, 1.807) is 0 Å². The molecule has 0 radical (unpaired) electrons. The minimum atomic E-state index is -1.63. The number of para-hydroxylation sites is 1. The minimum absolute atomic E-state index is 0.939. The van der Waals surface area contributed by atoms with Crippen LogP contribution in [0.2, 0.25) is 19.6 Å². The second-order valence-corrected chi connectivity index (χ2v) is 11.9. The van der Waals surface area contributed by atoms with Gasteiger partial charge in [-0.1, -0.05) is 68.2 Å². The number of benzene rings is 2. The highest BCUT2D eigenvalue weighted by Crippen LogP contribution is 2.31. The van der Waals surface area contributed by atoms with E-state index in [0.29, 0.717) is 0 Å². The predicted molar refractivity (Wildman–Crippen MR) is 99.9 cm³/mol. The van der Waals surface area contributed by atoms with Gasteiger partial charge in [0.25, 0.3) is 0 Å². The number of nitrogens with zero attached hydrogens (tertiary/aromatic N) is 1. The molecule has 0 unspecified atom stereocenters. The molecule has 0 aliphatic heterocycles. The molecule has 0 saturated heterocycles. The third kappa shape index (κ3) is 2.37. The van der Waals surface area contributed by atoms with Crippen molar-refractivity contribution in [2.75, 3.05) is 0 Å². The first kappa shape index (κ1) is 14.2. The highest BCUT2D eigenvalue weighted by molar-refractivity contribution is 6.89. The summed E-state index contributed by atoms with van der Waals surface area (Å²) in [5, 5.41) is 3.48. The molecule has 2 aromatic carbocycles. The maximum Gasteiger partial charge on any atom is 0.152 e. The average molecular weight is 317 g/mol. The monoisotopic (exact) mass is 317 g/mol. The molecule has 4 rings (SSSR count). The van der Waals surface area contributed by atoms with Crippen molar-refractivity contribution >= 4 is 35.3 Å². The molecule has 0 N–H and O–H groups in total. The van der Waals surface area contributed by atoms with Crippen molar-refractivity contribution in [2.45, 2.75) is 19.6 Å². The molecule has 114 valence electrons. The lowest BCUT2D eigenvalue weighted by Crippen LogP contribution is -2.40. The van der Waals surface area contributed by atoms with Gasteiger partial charge in [0.15, 0.2) is 5.58 Å². The second kappa shape index (κ2) is 5.07. The summed E-state index contributed by atoms with van der Waals surface area (Å²) in [6.07, 6.45) is 0. The summed E-state index contributed by atoms with van der Waals surface area (Å²) in [6, 6.07) is 20.8. The summed E-state index contributed by atoms with van der Waals surface area (Å²) in [5.74, 6) is 0. The molecule has 0 aliphatic rings. The van der Waals surface area contributed by atoms with Crippen LogP contribution in [0.5, 0.6) is 0 Å². The first-order valence-corrected chi connectivity index (χ1v) is 11.4. The van der Waals surface area contributed by atoms with Gasteiger partial charge in [0.1, 0.15) is 13.7 Å². The Balaban J connectivity index is 2.12. The van der Waals surface area contributed by atoms with Crippen LogP contribution in [0.25, 0.3) is 33.2 Å². The Kier molecular flexibility index (Phi) is 3.13. The Morgan fingerprint density at radius 1 is 0.826 bits per heavy atom. The van der Waals surface area contributed by atoms with E-state index in [9.17, 15) is 0 Å². The number of aromatic nitrogens is 1. The van der Waals surface area contributed by atoms with Gasteiger partial charge in [-0.2, -0.15) is 0 Å². The van der Waals surface area contributed by atoms with Crippen molar-refractivity contribution in [3.05, 3.63) is 60.7 Å². The number of fused-ring (bicyclic) bond motifs is 3. The molecule has 0 spiro atoms. The van der Waals surface area contributed by atoms with Gasteiger partial charge in [0, 0.05) is 16.3 Å². The first-order valence-electron chi connectivity index (χ1n) is 7.92. The quantitative estimate of drug-likeness (QED) is 0.475. The third-order valence-corrected chi connectivity index (χ3v) is 5.90. The molecule has 0 aliphatic carbocycles. The summed E-state index contributed by atoms with van der Waals surface area (Å²) in [6.45, 7) is 6.95. The molecule has 0 saturated carbocycles. The van der Waals surface area contributed by atoms with Crippen molar-refractivity contribution < 1.29 is 4.42 Å². The Hall–Kier alpha value is -2.39. The topological polar surface area (TPSA) is 26.0 Å². The molecule has 2 nitrogen and oxygen atoms in total. The lowest BCUT2D eigenvalue weighted by atomic mass is 10.1. The lowest BCUT2D eigenvalue weighted by Gasteiger charge is -2.17. The van der Waals surface area contributed by atoms with Crippen LogP contribution in [0, 0.1) is 0 Å². The molecule has 4 aromatic rings. The molecule has 0 atom stereocenters. The third-order valence-electron chi connectivity index (χ3n) is 4.14. The van der Waals surface area contributed by atoms with Crippen LogP contribution in [0.15, 0.2) is 65.1 Å². The Labute approximate surface area is 136 Å². The summed E-state index contributed by atoms with van der Waals surface area (Å²) in [4.78, 5) is 5.01. The maximum absolute atomic E-state index is 6.17. The Bertz CT molecular complexity index is 997. The fourth-order valence-corrected chi connectivity index (χ4v) is 4.31. The van der Waals surface area contributed by atoms with Crippen LogP contribution in [0.4, 0.5) is 0 Å². The zero-order valence-corrected chi connectivity index (χ0v) is 14.6. The predicted octanol–water partition coefficient (Wildman–Crippen LogP) is 5.19. The summed E-state index contributed by atoms with van der Waals surface area (Å²) < 4.78 is 6.17. The Morgan fingerprint density at radius 3 is 2.26 bits per heavy atom. The fourth-order valence-electron chi connectivity index (χ4n) is 2.99. The molecular formula is C20H19NOSi. The number of pyridine rings is 1. The summed E-state index contributed by atoms with van der Waals surface area (Å²) >= 11 is 0. The van der Waals surface area contributed by atoms with Crippen LogP contribution >= 0.6 is 0 Å². The maximum atomic E-state index is 6.17. The van der Waals surface area contributed by atoms with Crippen molar-refractivity contribution in [1.82, 2.24) is 4.98 Å². The van der Waals surface area contributed by atoms with Crippen molar-refractivity contribution in [3.63, 3.8) is 0 Å². The van der Waals surface area contributed by atoms with E-state index >= 15 is 0 Å². The lowest BCUT2D eigenvalue weighted by molar-refractivity contribution is 0.670. The van der Waals surface area contributed by atoms with Gasteiger partial charge in [-0.25, -0.2) is 0 Å². The van der Waals surface area contributed by atoms with Gasteiger partial charge in [-0.3, -0.25) is 4.98 Å². The molecule has 0 bridgehead atoms. The van der Waals surface area contributed by atoms with Crippen LogP contribution in [-0.4, -0.2) is 13.1 Å². The van der Waals surface area contributed by atoms with Gasteiger partial charge in [0.05, 0.1) is 11.0 Å². The van der Waals surface area contributed by atoms with E-state index in [1.165, 1.54) is 10.8 Å². The van der Waals surface area contributed by atoms with Crippen molar-refractivity contribution in [3.8, 4) is 11.3 Å². The molecular weight excluding hydrogens is 298 g/mol. The first-order chi connectivity index (χ1) is 11.0. The number of rotatable bonds is 2. The number of hydrogen-bond acceptors (Lipinski definition) is 2. The van der Waals surface area contributed by atoms with Crippen molar-refractivity contribution in [2.24, 2.45) is 0 Å². The van der Waals surface area contributed by atoms with E-state index in [0.717, 1.165) is 27.7 Å². The Morgan fingerprint density at radius 2 is 1.52 bits per heavy atom. The van der Waals surface area contributed by atoms with Crippen molar-refractivity contribution in [1.29, 1.82) is 0 Å². The van der Waals surface area contributed by atoms with E-state index in [4.69, 9.17) is 9.40 Å². The fraction of sp³-hybridized carbons (Fsp3) is 0.150.